The van der Waals surface area contributed by atoms with Crippen molar-refractivity contribution in [2.24, 2.45) is 0 Å². The van der Waals surface area contributed by atoms with E-state index in [-0.39, 0.29) is 11.4 Å². The fourth-order valence-electron chi connectivity index (χ4n) is 2.37. The van der Waals surface area contributed by atoms with E-state index < -0.39 is 15.8 Å². The molecule has 0 amide bonds. The molecule has 110 valence electrons. The monoisotopic (exact) mass is 307 g/mol. The minimum Gasteiger partial charge on any atom is -0.244 e. The zero-order valence-electron chi connectivity index (χ0n) is 11.5. The van der Waals surface area contributed by atoms with E-state index in [0.717, 1.165) is 11.3 Å². The number of aryl methyl sites for hydroxylation is 1. The highest BCUT2D eigenvalue weighted by Crippen LogP contribution is 2.24. The molecule has 0 fully saturated rings. The summed E-state index contributed by atoms with van der Waals surface area (Å²) in [6.45, 7) is 2.16. The second-order valence-corrected chi connectivity index (χ2v) is 6.93. The average Bonchev–Trinajstić information content (AvgIpc) is 2.49. The second-order valence-electron chi connectivity index (χ2n) is 4.99. The van der Waals surface area contributed by atoms with Crippen LogP contribution in [0.2, 0.25) is 0 Å². The van der Waals surface area contributed by atoms with Crippen LogP contribution >= 0.6 is 0 Å². The first kappa shape index (κ1) is 14.1. The summed E-state index contributed by atoms with van der Waals surface area (Å²) >= 11 is 0. The number of rotatable bonds is 2. The van der Waals surface area contributed by atoms with Crippen LogP contribution in [0.25, 0.3) is 0 Å². The third-order valence-electron chi connectivity index (χ3n) is 3.59. The summed E-state index contributed by atoms with van der Waals surface area (Å²) in [6.07, 6.45) is 3.66. The smallest absolute Gasteiger partial charge is 0.243 e. The molecule has 1 aromatic heterocycles. The molecule has 1 aliphatic heterocycles. The summed E-state index contributed by atoms with van der Waals surface area (Å²) < 4.78 is 39.9. The van der Waals surface area contributed by atoms with Crippen molar-refractivity contribution < 1.29 is 12.8 Å². The Morgan fingerprint density at radius 3 is 2.90 bits per heavy atom. The van der Waals surface area contributed by atoms with Crippen LogP contribution in [0.5, 0.6) is 0 Å². The van der Waals surface area contributed by atoms with Gasteiger partial charge in [0.05, 0.1) is 4.90 Å². The van der Waals surface area contributed by atoms with Gasteiger partial charge in [0.25, 0.3) is 0 Å². The lowest BCUT2D eigenvalue weighted by Crippen LogP contribution is -2.36. The van der Waals surface area contributed by atoms with Crippen LogP contribution < -0.4 is 0 Å². The first-order chi connectivity index (χ1) is 9.98. The van der Waals surface area contributed by atoms with Crippen molar-refractivity contribution >= 4 is 10.0 Å². The van der Waals surface area contributed by atoms with Crippen LogP contribution in [-0.4, -0.2) is 29.2 Å². The number of sulfonamides is 1. The van der Waals surface area contributed by atoms with Crippen LogP contribution in [0.4, 0.5) is 4.39 Å². The van der Waals surface area contributed by atoms with E-state index in [9.17, 15) is 12.8 Å². The lowest BCUT2D eigenvalue weighted by Gasteiger charge is -2.27. The number of nitrogens with zero attached hydrogens (tertiary/aromatic N) is 3. The Morgan fingerprint density at radius 1 is 1.33 bits per heavy atom. The van der Waals surface area contributed by atoms with E-state index in [2.05, 4.69) is 9.97 Å². The second kappa shape index (κ2) is 5.16. The van der Waals surface area contributed by atoms with Gasteiger partial charge in [-0.05, 0) is 30.7 Å². The molecule has 1 aliphatic rings. The van der Waals surface area contributed by atoms with Crippen molar-refractivity contribution in [1.82, 2.24) is 14.3 Å². The van der Waals surface area contributed by atoms with Gasteiger partial charge in [0, 0.05) is 37.0 Å². The maximum Gasteiger partial charge on any atom is 0.243 e. The summed E-state index contributed by atoms with van der Waals surface area (Å²) in [4.78, 5) is 8.20. The van der Waals surface area contributed by atoms with E-state index in [1.165, 1.54) is 28.8 Å². The predicted octanol–water partition coefficient (Wildman–Crippen LogP) is 1.67. The number of benzene rings is 1. The molecule has 2 heterocycles. The summed E-state index contributed by atoms with van der Waals surface area (Å²) in [5, 5.41) is 0. The Hall–Kier alpha value is -1.86. The average molecular weight is 307 g/mol. The van der Waals surface area contributed by atoms with Gasteiger partial charge in [0.15, 0.2) is 0 Å². The Labute approximate surface area is 122 Å². The number of halogens is 1. The van der Waals surface area contributed by atoms with Gasteiger partial charge in [0.2, 0.25) is 10.0 Å². The third-order valence-corrected chi connectivity index (χ3v) is 5.43. The Bertz CT molecular complexity index is 793. The Balaban J connectivity index is 1.95. The van der Waals surface area contributed by atoms with E-state index in [1.807, 2.05) is 0 Å². The molecule has 0 spiro atoms. The van der Waals surface area contributed by atoms with Gasteiger partial charge in [0.1, 0.15) is 12.1 Å². The van der Waals surface area contributed by atoms with E-state index >= 15 is 0 Å². The van der Waals surface area contributed by atoms with Crippen molar-refractivity contribution in [2.45, 2.75) is 24.8 Å². The molecule has 3 rings (SSSR count). The van der Waals surface area contributed by atoms with Crippen LogP contribution in [0.1, 0.15) is 16.8 Å². The van der Waals surface area contributed by atoms with E-state index in [0.29, 0.717) is 18.5 Å². The Morgan fingerprint density at radius 2 is 2.14 bits per heavy atom. The Kier molecular flexibility index (Phi) is 3.46. The maximum atomic E-state index is 13.3. The molecule has 0 saturated carbocycles. The third kappa shape index (κ3) is 2.54. The molecule has 0 radical (unpaired) electrons. The highest BCUT2D eigenvalue weighted by atomic mass is 32.2. The van der Waals surface area contributed by atoms with Crippen LogP contribution in [0.3, 0.4) is 0 Å². The highest BCUT2D eigenvalue weighted by Gasteiger charge is 2.29. The van der Waals surface area contributed by atoms with Gasteiger partial charge in [-0.1, -0.05) is 0 Å². The molecule has 0 atom stereocenters. The number of hydrogen-bond donors (Lipinski definition) is 0. The minimum atomic E-state index is -3.63. The number of fused-ring (bicyclic) bond motifs is 1. The molecule has 0 saturated heterocycles. The van der Waals surface area contributed by atoms with Gasteiger partial charge in [-0.15, -0.1) is 0 Å². The molecule has 1 aromatic carbocycles. The summed E-state index contributed by atoms with van der Waals surface area (Å²) in [5.41, 5.74) is 2.01. The fraction of sp³-hybridized carbons (Fsp3) is 0.286. The molecule has 21 heavy (non-hydrogen) atoms. The minimum absolute atomic E-state index is 0.113. The molecule has 7 heteroatoms. The van der Waals surface area contributed by atoms with Crippen LogP contribution in [-0.2, 0) is 23.0 Å². The SMILES string of the molecule is Cc1cc(S(=O)(=O)N2CCc3ncncc3C2)ccc1F. The van der Waals surface area contributed by atoms with Gasteiger partial charge in [-0.25, -0.2) is 22.8 Å². The molecule has 0 N–H and O–H groups in total. The van der Waals surface area contributed by atoms with E-state index in [4.69, 9.17) is 0 Å². The van der Waals surface area contributed by atoms with Gasteiger partial charge < -0.3 is 0 Å². The summed E-state index contributed by atoms with van der Waals surface area (Å²) in [7, 11) is -3.63. The van der Waals surface area contributed by atoms with Crippen LogP contribution in [0, 0.1) is 12.7 Å². The molecule has 5 nitrogen and oxygen atoms in total. The molecular formula is C14H14FN3O2S. The van der Waals surface area contributed by atoms with Crippen molar-refractivity contribution in [1.29, 1.82) is 0 Å². The standard InChI is InChI=1S/C14H14FN3O2S/c1-10-6-12(2-3-13(10)15)21(19,20)18-5-4-14-11(8-18)7-16-9-17-14/h2-3,6-7,9H,4-5,8H2,1H3. The quantitative estimate of drug-likeness (QED) is 0.846. The zero-order chi connectivity index (χ0) is 15.0. The molecule has 0 aliphatic carbocycles. The normalized spacial score (nSPS) is 15.7. The van der Waals surface area contributed by atoms with Crippen molar-refractivity contribution in [3.8, 4) is 0 Å². The zero-order valence-corrected chi connectivity index (χ0v) is 12.3. The topological polar surface area (TPSA) is 63.2 Å². The molecule has 2 aromatic rings. The summed E-state index contributed by atoms with van der Waals surface area (Å²) in [5.74, 6) is -0.411. The number of hydrogen-bond acceptors (Lipinski definition) is 4. The largest absolute Gasteiger partial charge is 0.244 e. The summed E-state index contributed by atoms with van der Waals surface area (Å²) in [6, 6.07) is 3.85. The predicted molar refractivity (Wildman–Crippen MR) is 74.5 cm³/mol. The highest BCUT2D eigenvalue weighted by molar-refractivity contribution is 7.89. The maximum absolute atomic E-state index is 13.3. The number of aromatic nitrogens is 2. The van der Waals surface area contributed by atoms with Gasteiger partial charge >= 0.3 is 0 Å². The van der Waals surface area contributed by atoms with Crippen molar-refractivity contribution in [3.05, 3.63) is 53.4 Å². The molecular weight excluding hydrogens is 293 g/mol. The van der Waals surface area contributed by atoms with Crippen molar-refractivity contribution in [3.63, 3.8) is 0 Å². The van der Waals surface area contributed by atoms with Gasteiger partial charge in [-0.3, -0.25) is 0 Å². The van der Waals surface area contributed by atoms with Gasteiger partial charge in [-0.2, -0.15) is 4.31 Å². The van der Waals surface area contributed by atoms with E-state index in [1.54, 1.807) is 13.1 Å². The van der Waals surface area contributed by atoms with Crippen LogP contribution in [0.15, 0.2) is 35.6 Å². The van der Waals surface area contributed by atoms with Crippen molar-refractivity contribution in [2.75, 3.05) is 6.54 Å². The fourth-order valence-corrected chi connectivity index (χ4v) is 3.88. The lowest BCUT2D eigenvalue weighted by molar-refractivity contribution is 0.386. The molecule has 0 unspecified atom stereocenters. The lowest BCUT2D eigenvalue weighted by atomic mass is 10.1. The first-order valence-corrected chi connectivity index (χ1v) is 7.96. The molecule has 0 bridgehead atoms. The first-order valence-electron chi connectivity index (χ1n) is 6.52.